The molecule has 0 aromatic heterocycles. The predicted molar refractivity (Wildman–Crippen MR) is 88.5 cm³/mol. The van der Waals surface area contributed by atoms with Gasteiger partial charge in [0.1, 0.15) is 5.56 Å². The van der Waals surface area contributed by atoms with Crippen molar-refractivity contribution in [2.75, 3.05) is 25.6 Å². The summed E-state index contributed by atoms with van der Waals surface area (Å²) >= 11 is 0. The third kappa shape index (κ3) is 3.40. The Bertz CT molecular complexity index is 961. The first-order chi connectivity index (χ1) is 12.1. The molecule has 0 aliphatic heterocycles. The van der Waals surface area contributed by atoms with Gasteiger partial charge in [0.2, 0.25) is 0 Å². The second-order valence-corrected chi connectivity index (χ2v) is 7.05. The summed E-state index contributed by atoms with van der Waals surface area (Å²) in [4.78, 5) is 11.0. The molecule has 7 nitrogen and oxygen atoms in total. The molecule has 2 rings (SSSR count). The average molecular weight is 387 g/mol. The van der Waals surface area contributed by atoms with E-state index < -0.39 is 38.1 Å². The van der Waals surface area contributed by atoms with Gasteiger partial charge in [0.15, 0.2) is 23.1 Å². The number of carboxylic acids is 1. The molecule has 0 aliphatic rings. The van der Waals surface area contributed by atoms with Crippen molar-refractivity contribution in [1.29, 1.82) is 0 Å². The van der Waals surface area contributed by atoms with E-state index >= 15 is 0 Å². The van der Waals surface area contributed by atoms with Gasteiger partial charge in [-0.05, 0) is 18.2 Å². The Morgan fingerprint density at radius 3 is 2.23 bits per heavy atom. The van der Waals surface area contributed by atoms with Crippen LogP contribution in [0.5, 0.6) is 11.5 Å². The molecule has 0 radical (unpaired) electrons. The number of anilines is 1. The maximum absolute atomic E-state index is 13.4. The quantitative estimate of drug-likeness (QED) is 0.819. The van der Waals surface area contributed by atoms with Crippen LogP contribution in [0, 0.1) is 11.6 Å². The van der Waals surface area contributed by atoms with Gasteiger partial charge in [-0.3, -0.25) is 4.31 Å². The van der Waals surface area contributed by atoms with Gasteiger partial charge >= 0.3 is 5.97 Å². The lowest BCUT2D eigenvalue weighted by atomic mass is 10.2. The Labute approximate surface area is 148 Å². The number of methoxy groups -OCH3 is 2. The molecule has 0 atom stereocenters. The molecule has 26 heavy (non-hydrogen) atoms. The van der Waals surface area contributed by atoms with Gasteiger partial charge < -0.3 is 14.6 Å². The van der Waals surface area contributed by atoms with E-state index in [9.17, 15) is 27.1 Å². The second-order valence-electron chi connectivity index (χ2n) is 5.08. The fourth-order valence-corrected chi connectivity index (χ4v) is 3.45. The summed E-state index contributed by atoms with van der Waals surface area (Å²) in [6.07, 6.45) is 0. The zero-order valence-electron chi connectivity index (χ0n) is 14.0. The maximum Gasteiger partial charge on any atom is 0.339 e. The Morgan fingerprint density at radius 1 is 1.08 bits per heavy atom. The SMILES string of the molecule is COc1cc(S(=O)(=O)N(C)c2ccc(F)c(F)c2)cc(C(=O)O)c1OC. The number of hydrogen-bond donors (Lipinski definition) is 1. The smallest absolute Gasteiger partial charge is 0.339 e. The van der Waals surface area contributed by atoms with Crippen molar-refractivity contribution in [2.45, 2.75) is 4.90 Å². The van der Waals surface area contributed by atoms with E-state index in [2.05, 4.69) is 0 Å². The monoisotopic (exact) mass is 387 g/mol. The third-order valence-corrected chi connectivity index (χ3v) is 5.37. The van der Waals surface area contributed by atoms with Crippen LogP contribution in [0.2, 0.25) is 0 Å². The first-order valence-electron chi connectivity index (χ1n) is 7.06. The highest BCUT2D eigenvalue weighted by atomic mass is 32.2. The minimum absolute atomic E-state index is 0.107. The second kappa shape index (κ2) is 7.16. The van der Waals surface area contributed by atoms with Crippen LogP contribution < -0.4 is 13.8 Å². The van der Waals surface area contributed by atoms with Crippen LogP contribution in [0.25, 0.3) is 0 Å². The lowest BCUT2D eigenvalue weighted by molar-refractivity contribution is 0.0692. The van der Waals surface area contributed by atoms with Crippen LogP contribution in [-0.4, -0.2) is 40.8 Å². The Hall–Kier alpha value is -2.88. The van der Waals surface area contributed by atoms with Gasteiger partial charge in [0.25, 0.3) is 10.0 Å². The van der Waals surface area contributed by atoms with Crippen LogP contribution in [-0.2, 0) is 10.0 Å². The van der Waals surface area contributed by atoms with Gasteiger partial charge in [-0.2, -0.15) is 0 Å². The van der Waals surface area contributed by atoms with Crippen molar-refractivity contribution in [3.63, 3.8) is 0 Å². The van der Waals surface area contributed by atoms with Gasteiger partial charge in [0.05, 0.1) is 24.8 Å². The molecule has 0 saturated carbocycles. The summed E-state index contributed by atoms with van der Waals surface area (Å²) in [6.45, 7) is 0. The highest BCUT2D eigenvalue weighted by Crippen LogP contribution is 2.35. The van der Waals surface area contributed by atoms with Gasteiger partial charge in [0, 0.05) is 19.2 Å². The molecule has 2 aromatic carbocycles. The lowest BCUT2D eigenvalue weighted by Gasteiger charge is -2.21. The topological polar surface area (TPSA) is 93.1 Å². The molecular weight excluding hydrogens is 372 g/mol. The number of benzene rings is 2. The van der Waals surface area contributed by atoms with E-state index in [0.29, 0.717) is 10.4 Å². The average Bonchev–Trinajstić information content (AvgIpc) is 2.61. The molecule has 0 saturated heterocycles. The summed E-state index contributed by atoms with van der Waals surface area (Å²) in [5.41, 5.74) is -0.570. The van der Waals surface area contributed by atoms with E-state index in [1.54, 1.807) is 0 Å². The van der Waals surface area contributed by atoms with E-state index in [-0.39, 0.29) is 17.2 Å². The van der Waals surface area contributed by atoms with Gasteiger partial charge in [-0.15, -0.1) is 0 Å². The van der Waals surface area contributed by atoms with Crippen molar-refractivity contribution in [2.24, 2.45) is 0 Å². The van der Waals surface area contributed by atoms with E-state index in [4.69, 9.17) is 9.47 Å². The molecule has 0 bridgehead atoms. The molecule has 1 N–H and O–H groups in total. The molecule has 0 aliphatic carbocycles. The first kappa shape index (κ1) is 19.4. The molecular formula is C16H15F2NO6S. The number of halogens is 2. The number of carboxylic acid groups (broad SMARTS) is 1. The number of sulfonamides is 1. The molecule has 2 aromatic rings. The maximum atomic E-state index is 13.4. The Balaban J connectivity index is 2.62. The molecule has 0 heterocycles. The minimum Gasteiger partial charge on any atom is -0.493 e. The molecule has 0 amide bonds. The van der Waals surface area contributed by atoms with Crippen LogP contribution in [0.1, 0.15) is 10.4 Å². The Morgan fingerprint density at radius 2 is 1.73 bits per heavy atom. The molecule has 0 fully saturated rings. The van der Waals surface area contributed by atoms with Crippen LogP contribution in [0.4, 0.5) is 14.5 Å². The summed E-state index contributed by atoms with van der Waals surface area (Å²) in [5, 5.41) is 9.29. The van der Waals surface area contributed by atoms with Crippen molar-refractivity contribution in [3.05, 3.63) is 47.5 Å². The van der Waals surface area contributed by atoms with Gasteiger partial charge in [-0.25, -0.2) is 22.0 Å². The summed E-state index contributed by atoms with van der Waals surface area (Å²) in [5.74, 6) is -4.02. The molecule has 0 unspecified atom stereocenters. The lowest BCUT2D eigenvalue weighted by Crippen LogP contribution is -2.27. The minimum atomic E-state index is -4.29. The summed E-state index contributed by atoms with van der Waals surface area (Å²) < 4.78 is 62.7. The predicted octanol–water partition coefficient (Wildman–Crippen LogP) is 2.51. The molecule has 10 heteroatoms. The fourth-order valence-electron chi connectivity index (χ4n) is 2.22. The molecule has 140 valence electrons. The number of rotatable bonds is 6. The van der Waals surface area contributed by atoms with Crippen LogP contribution in [0.15, 0.2) is 35.2 Å². The summed E-state index contributed by atoms with van der Waals surface area (Å²) in [7, 11) is -0.730. The van der Waals surface area contributed by atoms with Crippen molar-refractivity contribution in [1.82, 2.24) is 0 Å². The fraction of sp³-hybridized carbons (Fsp3) is 0.188. The largest absolute Gasteiger partial charge is 0.493 e. The van der Waals surface area contributed by atoms with Crippen LogP contribution in [0.3, 0.4) is 0 Å². The number of aromatic carboxylic acids is 1. The first-order valence-corrected chi connectivity index (χ1v) is 8.50. The number of nitrogens with zero attached hydrogens (tertiary/aromatic N) is 1. The zero-order valence-corrected chi connectivity index (χ0v) is 14.8. The normalized spacial score (nSPS) is 11.1. The van der Waals surface area contributed by atoms with Crippen molar-refractivity contribution in [3.8, 4) is 11.5 Å². The highest BCUT2D eigenvalue weighted by molar-refractivity contribution is 7.92. The third-order valence-electron chi connectivity index (χ3n) is 3.61. The molecule has 0 spiro atoms. The van der Waals surface area contributed by atoms with Gasteiger partial charge in [-0.1, -0.05) is 0 Å². The standard InChI is InChI=1S/C16H15F2NO6S/c1-19(9-4-5-12(17)13(18)6-9)26(22,23)10-7-11(16(20)21)15(25-3)14(8-10)24-2/h4-8H,1-3H3,(H,20,21). The number of ether oxygens (including phenoxy) is 2. The highest BCUT2D eigenvalue weighted by Gasteiger charge is 2.27. The van der Waals surface area contributed by atoms with Crippen LogP contribution >= 0.6 is 0 Å². The van der Waals surface area contributed by atoms with Crippen molar-refractivity contribution >= 4 is 21.7 Å². The van der Waals surface area contributed by atoms with Crippen molar-refractivity contribution < 1.29 is 36.6 Å². The number of hydrogen-bond acceptors (Lipinski definition) is 5. The van der Waals surface area contributed by atoms with E-state index in [1.807, 2.05) is 0 Å². The zero-order chi connectivity index (χ0) is 19.6. The number of carbonyl (C=O) groups is 1. The van der Waals surface area contributed by atoms with E-state index in [0.717, 1.165) is 31.3 Å². The Kier molecular flexibility index (Phi) is 5.36. The summed E-state index contributed by atoms with van der Waals surface area (Å²) in [6, 6.07) is 4.56. The van der Waals surface area contributed by atoms with E-state index in [1.165, 1.54) is 14.2 Å².